The van der Waals surface area contributed by atoms with Crippen LogP contribution in [-0.4, -0.2) is 4.83 Å². The van der Waals surface area contributed by atoms with E-state index in [1.54, 1.807) is 0 Å². The lowest BCUT2D eigenvalue weighted by Crippen LogP contribution is -1.77. The molecule has 0 N–H and O–H groups in total. The first-order valence-electron chi connectivity index (χ1n) is 1.56. The van der Waals surface area contributed by atoms with E-state index in [9.17, 15) is 0 Å². The van der Waals surface area contributed by atoms with Gasteiger partial charge in [-0.05, 0) is 12.2 Å². The molecule has 0 aliphatic carbocycles. The Hall–Kier alpha value is 0.390. The molecule has 0 radical (unpaired) electrons. The molecule has 0 amide bonds. The molecule has 0 saturated carbocycles. The number of thiol groups is 1. The first kappa shape index (κ1) is 6.39. The molecule has 2 heteroatoms. The van der Waals surface area contributed by atoms with Gasteiger partial charge in [-0.25, -0.2) is 0 Å². The summed E-state index contributed by atoms with van der Waals surface area (Å²) in [6.45, 7) is 1.95. The molecule has 1 unspecified atom stereocenters. The van der Waals surface area contributed by atoms with Crippen LogP contribution in [0.4, 0.5) is 0 Å². The summed E-state index contributed by atoms with van der Waals surface area (Å²) in [5.41, 5.74) is 0. The predicted molar refractivity (Wildman–Crippen MR) is 35.2 cm³/mol. The number of rotatable bonds is 0. The van der Waals surface area contributed by atoms with Crippen molar-refractivity contribution in [2.75, 3.05) is 0 Å². The topological polar surface area (TPSA) is 0 Å². The number of halogens is 1. The molecule has 0 aliphatic rings. The van der Waals surface area contributed by atoms with Crippen molar-refractivity contribution in [3.63, 3.8) is 0 Å². The van der Waals surface area contributed by atoms with Gasteiger partial charge in [-0.3, -0.25) is 0 Å². The summed E-state index contributed by atoms with van der Waals surface area (Å²) in [5.74, 6) is 2.74. The van der Waals surface area contributed by atoms with Gasteiger partial charge in [-0.1, -0.05) is 34.5 Å². The first-order valence-corrected chi connectivity index (χ1v) is 2.92. The highest BCUT2D eigenvalue weighted by Crippen LogP contribution is 1.92. The van der Waals surface area contributed by atoms with Gasteiger partial charge in [-0.2, -0.15) is 0 Å². The Morgan fingerprint density at radius 2 is 2.33 bits per heavy atom. The lowest BCUT2D eigenvalue weighted by molar-refractivity contribution is 1.33. The molecule has 0 spiro atoms. The van der Waals surface area contributed by atoms with E-state index in [2.05, 4.69) is 39.7 Å². The zero-order valence-corrected chi connectivity index (χ0v) is 5.88. The van der Waals surface area contributed by atoms with Crippen LogP contribution in [0.1, 0.15) is 6.92 Å². The van der Waals surface area contributed by atoms with Crippen LogP contribution in [0.2, 0.25) is 0 Å². The average Bonchev–Trinajstić information content (AvgIpc) is 1.35. The van der Waals surface area contributed by atoms with Crippen molar-refractivity contribution in [3.8, 4) is 11.2 Å². The van der Waals surface area contributed by atoms with E-state index >= 15 is 0 Å². The molecule has 0 aliphatic heterocycles. The second kappa shape index (κ2) is 3.58. The summed E-state index contributed by atoms with van der Waals surface area (Å²) in [5, 5.41) is 2.46. The minimum absolute atomic E-state index is 0.273. The number of alkyl halides is 1. The van der Waals surface area contributed by atoms with E-state index in [0.29, 0.717) is 0 Å². The maximum atomic E-state index is 3.67. The molecular weight excluding hydrogens is 160 g/mol. The summed E-state index contributed by atoms with van der Waals surface area (Å²) in [4.78, 5) is 0.273. The van der Waals surface area contributed by atoms with E-state index in [-0.39, 0.29) is 4.83 Å². The third-order valence-electron chi connectivity index (χ3n) is 0.263. The largest absolute Gasteiger partial charge is 0.0921 e. The van der Waals surface area contributed by atoms with Crippen molar-refractivity contribution >= 4 is 28.6 Å². The molecule has 0 rings (SSSR count). The lowest BCUT2D eigenvalue weighted by Gasteiger charge is -1.79. The summed E-state index contributed by atoms with van der Waals surface area (Å²) in [7, 11) is 0. The van der Waals surface area contributed by atoms with E-state index in [1.165, 1.54) is 0 Å². The SMILES string of the molecule is CC(Br)C#CS. The normalized spacial score (nSPS) is 11.8. The van der Waals surface area contributed by atoms with Crippen molar-refractivity contribution < 1.29 is 0 Å². The molecule has 0 bridgehead atoms. The molecule has 0 fully saturated rings. The van der Waals surface area contributed by atoms with Gasteiger partial charge in [0.25, 0.3) is 0 Å². The Morgan fingerprint density at radius 3 is 2.33 bits per heavy atom. The third kappa shape index (κ3) is 4.39. The average molecular weight is 165 g/mol. The van der Waals surface area contributed by atoms with Crippen LogP contribution in [0.15, 0.2) is 0 Å². The first-order chi connectivity index (χ1) is 2.77. The van der Waals surface area contributed by atoms with Crippen molar-refractivity contribution in [1.29, 1.82) is 0 Å². The summed E-state index contributed by atoms with van der Waals surface area (Å²) in [6, 6.07) is 0. The van der Waals surface area contributed by atoms with Gasteiger partial charge in [0.2, 0.25) is 0 Å². The molecule has 1 atom stereocenters. The predicted octanol–water partition coefficient (Wildman–Crippen LogP) is 1.66. The minimum Gasteiger partial charge on any atom is -0.0921 e. The van der Waals surface area contributed by atoms with Gasteiger partial charge >= 0.3 is 0 Å². The minimum atomic E-state index is 0.273. The van der Waals surface area contributed by atoms with Gasteiger partial charge in [0.05, 0.1) is 4.83 Å². The fraction of sp³-hybridized carbons (Fsp3) is 0.500. The van der Waals surface area contributed by atoms with E-state index in [1.807, 2.05) is 6.92 Å². The maximum absolute atomic E-state index is 3.67. The molecule has 0 aromatic carbocycles. The van der Waals surface area contributed by atoms with Crippen LogP contribution in [0.25, 0.3) is 0 Å². The molecule has 6 heavy (non-hydrogen) atoms. The Bertz CT molecular complexity index is 77.3. The van der Waals surface area contributed by atoms with Gasteiger partial charge in [-0.15, -0.1) is 0 Å². The van der Waals surface area contributed by atoms with Crippen LogP contribution in [0, 0.1) is 11.2 Å². The van der Waals surface area contributed by atoms with Crippen LogP contribution >= 0.6 is 28.6 Å². The lowest BCUT2D eigenvalue weighted by atomic mass is 10.5. The quantitative estimate of drug-likeness (QED) is 0.315. The zero-order chi connectivity index (χ0) is 4.99. The zero-order valence-electron chi connectivity index (χ0n) is 3.40. The molecular formula is C4H5BrS. The van der Waals surface area contributed by atoms with Gasteiger partial charge in [0, 0.05) is 0 Å². The fourth-order valence-electron chi connectivity index (χ4n) is 0.0889. The summed E-state index contributed by atoms with van der Waals surface area (Å²) in [6.07, 6.45) is 0. The summed E-state index contributed by atoms with van der Waals surface area (Å²) < 4.78 is 0. The van der Waals surface area contributed by atoms with Gasteiger partial charge < -0.3 is 0 Å². The van der Waals surface area contributed by atoms with Crippen LogP contribution < -0.4 is 0 Å². The summed E-state index contributed by atoms with van der Waals surface area (Å²) >= 11 is 6.88. The highest BCUT2D eigenvalue weighted by Gasteiger charge is 1.79. The van der Waals surface area contributed by atoms with Gasteiger partial charge in [0.15, 0.2) is 0 Å². The Balaban J connectivity index is 3.20. The van der Waals surface area contributed by atoms with Crippen molar-refractivity contribution in [2.24, 2.45) is 0 Å². The maximum Gasteiger partial charge on any atom is 0.0735 e. The van der Waals surface area contributed by atoms with E-state index < -0.39 is 0 Å². The highest BCUT2D eigenvalue weighted by molar-refractivity contribution is 9.09. The Labute approximate surface area is 51.9 Å². The molecule has 0 saturated heterocycles. The smallest absolute Gasteiger partial charge is 0.0735 e. The van der Waals surface area contributed by atoms with E-state index in [4.69, 9.17) is 0 Å². The fourth-order valence-corrected chi connectivity index (χ4v) is 0.574. The molecule has 0 heterocycles. The van der Waals surface area contributed by atoms with Crippen molar-refractivity contribution in [3.05, 3.63) is 0 Å². The van der Waals surface area contributed by atoms with Crippen LogP contribution in [-0.2, 0) is 0 Å². The Morgan fingerprint density at radius 1 is 1.83 bits per heavy atom. The van der Waals surface area contributed by atoms with Crippen LogP contribution in [0.5, 0.6) is 0 Å². The van der Waals surface area contributed by atoms with Crippen molar-refractivity contribution in [2.45, 2.75) is 11.8 Å². The van der Waals surface area contributed by atoms with E-state index in [0.717, 1.165) is 0 Å². The van der Waals surface area contributed by atoms with Gasteiger partial charge in [0.1, 0.15) is 0 Å². The number of hydrogen-bond donors (Lipinski definition) is 1. The third-order valence-corrected chi connectivity index (χ3v) is 0.621. The molecule has 0 aromatic heterocycles. The van der Waals surface area contributed by atoms with Crippen molar-refractivity contribution in [1.82, 2.24) is 0 Å². The Kier molecular flexibility index (Phi) is 3.81. The molecule has 0 aromatic rings. The monoisotopic (exact) mass is 164 g/mol. The second-order valence-electron chi connectivity index (χ2n) is 0.872. The number of hydrogen-bond acceptors (Lipinski definition) is 1. The highest BCUT2D eigenvalue weighted by atomic mass is 79.9. The standard InChI is InChI=1S/C4H5BrS/c1-4(5)2-3-6/h4,6H,1H3. The second-order valence-corrected chi connectivity index (χ2v) is 2.47. The molecule has 0 nitrogen and oxygen atoms in total. The van der Waals surface area contributed by atoms with Crippen LogP contribution in [0.3, 0.4) is 0 Å². The molecule has 34 valence electrons.